The summed E-state index contributed by atoms with van der Waals surface area (Å²) < 4.78 is 0. The highest BCUT2D eigenvalue weighted by atomic mass is 35.5. The van der Waals surface area contributed by atoms with Gasteiger partial charge in [-0.2, -0.15) is 0 Å². The van der Waals surface area contributed by atoms with E-state index in [-0.39, 0.29) is 0 Å². The first-order valence-electron chi connectivity index (χ1n) is 6.62. The lowest BCUT2D eigenvalue weighted by atomic mass is 9.50. The zero-order valence-electron chi connectivity index (χ0n) is 10.2. The molecule has 3 aliphatic rings. The summed E-state index contributed by atoms with van der Waals surface area (Å²) in [5.41, 5.74) is 7.75. The molecule has 2 saturated carbocycles. The van der Waals surface area contributed by atoms with Crippen LogP contribution in [0.4, 0.5) is 5.69 Å². The average molecular weight is 281 g/mol. The molecule has 1 unspecified atom stereocenters. The number of thioether (sulfide) groups is 1. The third-order valence-electron chi connectivity index (χ3n) is 4.70. The second kappa shape index (κ2) is 3.81. The molecule has 0 amide bonds. The van der Waals surface area contributed by atoms with Crippen LogP contribution in [0.5, 0.6) is 0 Å². The Morgan fingerprint density at radius 2 is 2.06 bits per heavy atom. The Hall–Kier alpha value is -0.380. The van der Waals surface area contributed by atoms with E-state index in [1.54, 1.807) is 0 Å². The number of hydrogen-bond donors (Lipinski definition) is 2. The number of benzene rings is 1. The van der Waals surface area contributed by atoms with E-state index in [0.29, 0.717) is 16.8 Å². The van der Waals surface area contributed by atoms with E-state index in [1.165, 1.54) is 36.3 Å². The predicted molar refractivity (Wildman–Crippen MR) is 77.1 cm³/mol. The fourth-order valence-corrected chi connectivity index (χ4v) is 5.31. The monoisotopic (exact) mass is 280 g/mol. The third kappa shape index (κ3) is 1.68. The number of hydrogen-bond acceptors (Lipinski definition) is 3. The van der Waals surface area contributed by atoms with Gasteiger partial charge in [-0.15, -0.1) is 0 Å². The molecule has 1 atom stereocenters. The number of halogens is 1. The summed E-state index contributed by atoms with van der Waals surface area (Å²) in [5, 5.41) is 4.98. The second-order valence-electron chi connectivity index (χ2n) is 6.16. The van der Waals surface area contributed by atoms with Gasteiger partial charge in [0.15, 0.2) is 0 Å². The lowest BCUT2D eigenvalue weighted by Crippen LogP contribution is -2.55. The van der Waals surface area contributed by atoms with E-state index in [9.17, 15) is 0 Å². The van der Waals surface area contributed by atoms with Crippen LogP contribution in [0, 0.1) is 11.3 Å². The van der Waals surface area contributed by atoms with Gasteiger partial charge in [-0.25, -0.2) is 0 Å². The lowest BCUT2D eigenvalue weighted by molar-refractivity contribution is -0.0367. The van der Waals surface area contributed by atoms with E-state index in [2.05, 4.69) is 11.4 Å². The number of rotatable bonds is 1. The van der Waals surface area contributed by atoms with Gasteiger partial charge in [0, 0.05) is 16.0 Å². The van der Waals surface area contributed by atoms with Gasteiger partial charge < -0.3 is 11.1 Å². The Labute approximate surface area is 117 Å². The second-order valence-corrected chi connectivity index (χ2v) is 7.78. The molecular formula is C14H17ClN2S. The number of fused-ring (bicyclic) bond motifs is 1. The first kappa shape index (κ1) is 11.4. The average Bonchev–Trinajstić information content (AvgIpc) is 2.63. The van der Waals surface area contributed by atoms with Crippen LogP contribution in [0.2, 0.25) is 5.02 Å². The zero-order chi connectivity index (χ0) is 12.3. The van der Waals surface area contributed by atoms with E-state index in [1.807, 2.05) is 23.9 Å². The van der Waals surface area contributed by atoms with E-state index >= 15 is 0 Å². The van der Waals surface area contributed by atoms with E-state index in [0.717, 1.165) is 10.9 Å². The summed E-state index contributed by atoms with van der Waals surface area (Å²) in [5.74, 6) is 0.800. The molecule has 3 N–H and O–H groups in total. The molecule has 96 valence electrons. The molecule has 4 heteroatoms. The van der Waals surface area contributed by atoms with Crippen LogP contribution in [0.15, 0.2) is 23.1 Å². The van der Waals surface area contributed by atoms with Crippen LogP contribution < -0.4 is 11.1 Å². The molecule has 0 saturated heterocycles. The number of nitrogens with one attached hydrogen (secondary N) is 1. The highest BCUT2D eigenvalue weighted by Crippen LogP contribution is 2.61. The summed E-state index contributed by atoms with van der Waals surface area (Å²) in [7, 11) is 0. The van der Waals surface area contributed by atoms with Crippen molar-refractivity contribution in [1.29, 1.82) is 0 Å². The predicted octanol–water partition coefficient (Wildman–Crippen LogP) is 3.70. The number of anilines is 1. The van der Waals surface area contributed by atoms with Crippen molar-refractivity contribution in [2.24, 2.45) is 17.1 Å². The zero-order valence-corrected chi connectivity index (χ0v) is 11.7. The smallest absolute Gasteiger partial charge is 0.0798 e. The highest BCUT2D eigenvalue weighted by Gasteiger charge is 2.54. The Morgan fingerprint density at radius 1 is 1.28 bits per heavy atom. The van der Waals surface area contributed by atoms with Crippen LogP contribution in [0.25, 0.3) is 0 Å². The van der Waals surface area contributed by atoms with Crippen molar-refractivity contribution in [2.45, 2.75) is 42.0 Å². The van der Waals surface area contributed by atoms with Crippen molar-refractivity contribution in [2.75, 3.05) is 5.32 Å². The van der Waals surface area contributed by atoms with Crippen LogP contribution >= 0.6 is 23.4 Å². The molecule has 1 heterocycles. The molecule has 4 rings (SSSR count). The molecule has 18 heavy (non-hydrogen) atoms. The molecule has 1 aliphatic heterocycles. The van der Waals surface area contributed by atoms with Crippen molar-refractivity contribution in [1.82, 2.24) is 0 Å². The Bertz CT molecular complexity index is 491. The standard InChI is InChI=1S/C14H17ClN2S/c15-9-1-2-12-11(3-9)17-13(18-12)8-4-14(5-8)6-10(16)7-14/h1-3,8,10,13,17H,4-7,16H2. The van der Waals surface area contributed by atoms with E-state index < -0.39 is 0 Å². The van der Waals surface area contributed by atoms with E-state index in [4.69, 9.17) is 17.3 Å². The van der Waals surface area contributed by atoms with Gasteiger partial charge in [0.2, 0.25) is 0 Å². The minimum absolute atomic E-state index is 0.478. The SMILES string of the molecule is NC1CC2(C1)CC(C1Nc3cc(Cl)ccc3S1)C2. The molecule has 1 spiro atoms. The van der Waals surface area contributed by atoms with Gasteiger partial charge in [0.25, 0.3) is 0 Å². The Kier molecular flexibility index (Phi) is 2.42. The quantitative estimate of drug-likeness (QED) is 0.824. The molecule has 0 bridgehead atoms. The highest BCUT2D eigenvalue weighted by molar-refractivity contribution is 8.00. The minimum Gasteiger partial charge on any atom is -0.372 e. The number of nitrogens with two attached hydrogens (primary N) is 1. The normalized spacial score (nSPS) is 40.9. The summed E-state index contributed by atoms with van der Waals surface area (Å²) in [6.07, 6.45) is 5.21. The van der Waals surface area contributed by atoms with Crippen molar-refractivity contribution in [3.8, 4) is 0 Å². The van der Waals surface area contributed by atoms with Gasteiger partial charge in [-0.1, -0.05) is 23.4 Å². The Morgan fingerprint density at radius 3 is 2.78 bits per heavy atom. The molecule has 1 aromatic carbocycles. The first-order chi connectivity index (χ1) is 8.63. The summed E-state index contributed by atoms with van der Waals surface area (Å²) in [6.45, 7) is 0. The molecular weight excluding hydrogens is 264 g/mol. The first-order valence-corrected chi connectivity index (χ1v) is 7.88. The van der Waals surface area contributed by atoms with Crippen molar-refractivity contribution < 1.29 is 0 Å². The van der Waals surface area contributed by atoms with Gasteiger partial charge in [-0.05, 0) is 55.2 Å². The van der Waals surface area contributed by atoms with Crippen molar-refractivity contribution in [3.63, 3.8) is 0 Å². The molecule has 2 aliphatic carbocycles. The van der Waals surface area contributed by atoms with Gasteiger partial charge in [0.1, 0.15) is 0 Å². The minimum atomic E-state index is 0.478. The van der Waals surface area contributed by atoms with Crippen LogP contribution in [-0.2, 0) is 0 Å². The molecule has 0 radical (unpaired) electrons. The Balaban J connectivity index is 1.42. The summed E-state index contributed by atoms with van der Waals surface area (Å²) >= 11 is 7.99. The van der Waals surface area contributed by atoms with Crippen LogP contribution in [-0.4, -0.2) is 11.4 Å². The van der Waals surface area contributed by atoms with Crippen molar-refractivity contribution in [3.05, 3.63) is 23.2 Å². The van der Waals surface area contributed by atoms with Crippen LogP contribution in [0.1, 0.15) is 25.7 Å². The molecule has 0 aromatic heterocycles. The molecule has 1 aromatic rings. The molecule has 2 fully saturated rings. The third-order valence-corrected chi connectivity index (χ3v) is 6.30. The fraction of sp³-hybridized carbons (Fsp3) is 0.571. The van der Waals surface area contributed by atoms with Crippen molar-refractivity contribution >= 4 is 29.1 Å². The lowest BCUT2D eigenvalue weighted by Gasteiger charge is -2.58. The maximum absolute atomic E-state index is 6.03. The maximum Gasteiger partial charge on any atom is 0.0798 e. The molecule has 2 nitrogen and oxygen atoms in total. The van der Waals surface area contributed by atoms with Crippen LogP contribution in [0.3, 0.4) is 0 Å². The topological polar surface area (TPSA) is 38.0 Å². The largest absolute Gasteiger partial charge is 0.372 e. The fourth-order valence-electron chi connectivity index (χ4n) is 3.90. The van der Waals surface area contributed by atoms with Gasteiger partial charge in [0.05, 0.1) is 11.1 Å². The summed E-state index contributed by atoms with van der Waals surface area (Å²) in [6, 6.07) is 6.62. The summed E-state index contributed by atoms with van der Waals surface area (Å²) in [4.78, 5) is 1.34. The van der Waals surface area contributed by atoms with Gasteiger partial charge >= 0.3 is 0 Å². The maximum atomic E-state index is 6.03. The van der Waals surface area contributed by atoms with Gasteiger partial charge in [-0.3, -0.25) is 0 Å².